The Morgan fingerprint density at radius 2 is 1.69 bits per heavy atom. The van der Waals surface area contributed by atoms with Crippen LogP contribution in [0.1, 0.15) is 24.5 Å². The summed E-state index contributed by atoms with van der Waals surface area (Å²) in [5.74, 6) is -1.12. The third-order valence-corrected chi connectivity index (χ3v) is 3.21. The molecule has 2 amide bonds. The zero-order valence-electron chi connectivity index (χ0n) is 15.0. The molecule has 0 fully saturated rings. The minimum atomic E-state index is -0.788. The largest absolute Gasteiger partial charge is 1.00 e. The average Bonchev–Trinajstić information content (AvgIpc) is 2.58. The summed E-state index contributed by atoms with van der Waals surface area (Å²) in [4.78, 5) is 30.0. The van der Waals surface area contributed by atoms with Crippen LogP contribution in [0.25, 0.3) is 11.1 Å². The second-order valence-electron chi connectivity index (χ2n) is 5.36. The minimum absolute atomic E-state index is 0. The van der Waals surface area contributed by atoms with E-state index < -0.39 is 5.97 Å². The molecule has 0 radical (unpaired) electrons. The number of nitrogens with two attached hydrogens (primary N) is 1. The van der Waals surface area contributed by atoms with Gasteiger partial charge in [-0.15, -0.1) is 0 Å². The standard InChI is InChI=1S/C17H16NO3.C2H5NO.Cs/c19-12-18-11-14-4-7-15(8-5-14)16-3-1-2-13(10-16)6-9-17(20)21;1-2(3)4;/h1-5,7-8,10H,6,9,11H2,(H,18,19)(H,20,21);1H3,(H2,3,4);/q-1;;+1. The summed E-state index contributed by atoms with van der Waals surface area (Å²) in [6.45, 7) is 1.77. The second kappa shape index (κ2) is 14.0. The van der Waals surface area contributed by atoms with E-state index in [1.54, 1.807) is 6.41 Å². The van der Waals surface area contributed by atoms with Crippen LogP contribution in [0, 0.1) is 0 Å². The summed E-state index contributed by atoms with van der Waals surface area (Å²) < 4.78 is 0. The number of benzene rings is 2. The van der Waals surface area contributed by atoms with Crippen molar-refractivity contribution in [3.05, 3.63) is 59.7 Å². The van der Waals surface area contributed by atoms with Crippen molar-refractivity contribution < 1.29 is 88.4 Å². The summed E-state index contributed by atoms with van der Waals surface area (Å²) in [5, 5.41) is 11.2. The Morgan fingerprint density at radius 1 is 1.08 bits per heavy atom. The molecule has 0 saturated heterocycles. The molecule has 0 unspecified atom stereocenters. The molecule has 2 aromatic carbocycles. The van der Waals surface area contributed by atoms with E-state index >= 15 is 0 Å². The van der Waals surface area contributed by atoms with Gasteiger partial charge in [0, 0.05) is 19.9 Å². The van der Waals surface area contributed by atoms with Crippen molar-refractivity contribution in [2.24, 2.45) is 5.73 Å². The molecule has 7 heteroatoms. The molecule has 0 atom stereocenters. The first-order valence-corrected chi connectivity index (χ1v) is 7.68. The van der Waals surface area contributed by atoms with Crippen molar-refractivity contribution >= 4 is 18.3 Å². The van der Waals surface area contributed by atoms with Crippen molar-refractivity contribution in [2.75, 3.05) is 0 Å². The first-order chi connectivity index (χ1) is 11.9. The van der Waals surface area contributed by atoms with Gasteiger partial charge in [-0.3, -0.25) is 9.59 Å². The van der Waals surface area contributed by atoms with E-state index in [1.807, 2.05) is 48.5 Å². The number of nitrogens with one attached hydrogen (secondary N) is 1. The first kappa shape index (κ1) is 24.9. The molecule has 0 bridgehead atoms. The van der Waals surface area contributed by atoms with Crippen molar-refractivity contribution in [1.82, 2.24) is 5.32 Å². The van der Waals surface area contributed by atoms with E-state index in [0.29, 0.717) is 13.0 Å². The topological polar surface area (TPSA) is 109 Å². The third kappa shape index (κ3) is 10.8. The van der Waals surface area contributed by atoms with Crippen molar-refractivity contribution in [2.45, 2.75) is 26.3 Å². The summed E-state index contributed by atoms with van der Waals surface area (Å²) in [5.41, 5.74) is 8.60. The number of amides is 2. The number of hydrogen-bond acceptors (Lipinski definition) is 3. The Morgan fingerprint density at radius 3 is 2.23 bits per heavy atom. The quantitative estimate of drug-likeness (QED) is 0.354. The first-order valence-electron chi connectivity index (χ1n) is 7.68. The molecular formula is C19H21CsN2O4. The van der Waals surface area contributed by atoms with Crippen LogP contribution in [0.15, 0.2) is 48.5 Å². The Kier molecular flexibility index (Phi) is 13.4. The maximum Gasteiger partial charge on any atom is 1.00 e. The van der Waals surface area contributed by atoms with Gasteiger partial charge in [-0.2, -0.15) is 6.41 Å². The van der Waals surface area contributed by atoms with Crippen molar-refractivity contribution in [3.8, 4) is 11.1 Å². The number of primary amides is 1. The Balaban J connectivity index is 0.00000113. The van der Waals surface area contributed by atoms with Gasteiger partial charge >= 0.3 is 74.9 Å². The third-order valence-electron chi connectivity index (χ3n) is 3.21. The maximum atomic E-state index is 10.6. The van der Waals surface area contributed by atoms with Crippen molar-refractivity contribution in [3.63, 3.8) is 0 Å². The van der Waals surface area contributed by atoms with Crippen LogP contribution >= 0.6 is 0 Å². The van der Waals surface area contributed by atoms with Gasteiger partial charge < -0.3 is 21.0 Å². The summed E-state index contributed by atoms with van der Waals surface area (Å²) in [7, 11) is 0. The second-order valence-corrected chi connectivity index (χ2v) is 5.36. The molecule has 2 rings (SSSR count). The molecule has 0 aliphatic heterocycles. The predicted octanol–water partition coefficient (Wildman–Crippen LogP) is -0.977. The molecule has 26 heavy (non-hydrogen) atoms. The molecule has 0 aliphatic rings. The molecule has 0 heterocycles. The Labute approximate surface area is 212 Å². The summed E-state index contributed by atoms with van der Waals surface area (Å²) in [6.07, 6.45) is 2.31. The number of aryl methyl sites for hydroxylation is 1. The zero-order valence-corrected chi connectivity index (χ0v) is 21.3. The predicted molar refractivity (Wildman–Crippen MR) is 95.2 cm³/mol. The molecule has 0 aromatic heterocycles. The number of carboxylic acid groups (broad SMARTS) is 1. The summed E-state index contributed by atoms with van der Waals surface area (Å²) >= 11 is 0. The monoisotopic (exact) mass is 474 g/mol. The maximum absolute atomic E-state index is 10.6. The van der Waals surface area contributed by atoms with Crippen LogP contribution in [0.3, 0.4) is 0 Å². The van der Waals surface area contributed by atoms with Gasteiger partial charge in [-0.25, -0.2) is 0 Å². The normalized spacial score (nSPS) is 9.12. The van der Waals surface area contributed by atoms with Crippen LogP contribution < -0.4 is 79.9 Å². The van der Waals surface area contributed by atoms with E-state index in [4.69, 9.17) is 5.11 Å². The number of carbonyl (C=O) groups is 2. The number of hydrogen-bond donors (Lipinski definition) is 3. The van der Waals surface area contributed by atoms with E-state index in [9.17, 15) is 14.4 Å². The van der Waals surface area contributed by atoms with Crippen LogP contribution in [-0.2, 0) is 27.3 Å². The average molecular weight is 474 g/mol. The molecule has 132 valence electrons. The van der Waals surface area contributed by atoms with Crippen LogP contribution in [0.2, 0.25) is 0 Å². The minimum Gasteiger partial charge on any atom is -0.526 e. The van der Waals surface area contributed by atoms with Crippen molar-refractivity contribution in [1.29, 1.82) is 0 Å². The van der Waals surface area contributed by atoms with Gasteiger partial charge in [0.15, 0.2) is 0 Å². The molecule has 2 aromatic rings. The fourth-order valence-corrected chi connectivity index (χ4v) is 2.11. The molecule has 0 spiro atoms. The summed E-state index contributed by atoms with van der Waals surface area (Å²) in [6, 6.07) is 15.7. The van der Waals surface area contributed by atoms with E-state index in [2.05, 4.69) is 11.1 Å². The number of rotatable bonds is 7. The van der Waals surface area contributed by atoms with Crippen LogP contribution in [0.4, 0.5) is 0 Å². The van der Waals surface area contributed by atoms with Crippen LogP contribution in [-0.4, -0.2) is 23.4 Å². The SMILES string of the molecule is CC(N)=O.O=[C-]NCc1ccc(-c2cccc(CCC(=O)O)c2)cc1.[Cs+]. The van der Waals surface area contributed by atoms with Gasteiger partial charge in [-0.05, 0) is 28.7 Å². The number of aliphatic carboxylic acids is 1. The van der Waals surface area contributed by atoms with Crippen LogP contribution in [0.5, 0.6) is 0 Å². The van der Waals surface area contributed by atoms with Gasteiger partial charge in [0.25, 0.3) is 0 Å². The fraction of sp³-hybridized carbons (Fsp3) is 0.211. The van der Waals surface area contributed by atoms with E-state index in [0.717, 1.165) is 22.3 Å². The van der Waals surface area contributed by atoms with E-state index in [1.165, 1.54) is 6.92 Å². The number of carbonyl (C=O) groups excluding carboxylic acids is 2. The van der Waals surface area contributed by atoms with Gasteiger partial charge in [-0.1, -0.05) is 48.5 Å². The molecular weight excluding hydrogens is 453 g/mol. The van der Waals surface area contributed by atoms with Gasteiger partial charge in [0.05, 0.1) is 0 Å². The molecule has 4 N–H and O–H groups in total. The fourth-order valence-electron chi connectivity index (χ4n) is 2.11. The number of carboxylic acids is 1. The molecule has 0 aliphatic carbocycles. The molecule has 6 nitrogen and oxygen atoms in total. The van der Waals surface area contributed by atoms with E-state index in [-0.39, 0.29) is 81.2 Å². The Hall–Kier alpha value is -1.10. The molecule has 0 saturated carbocycles. The van der Waals surface area contributed by atoms with Gasteiger partial charge in [0.1, 0.15) is 0 Å². The smallest absolute Gasteiger partial charge is 0.526 e. The zero-order chi connectivity index (χ0) is 18.7. The van der Waals surface area contributed by atoms with Gasteiger partial charge in [0.2, 0.25) is 5.91 Å². The Bertz CT molecular complexity index is 714.